The lowest BCUT2D eigenvalue weighted by Gasteiger charge is -2.18. The van der Waals surface area contributed by atoms with Crippen molar-refractivity contribution in [2.75, 3.05) is 0 Å². The van der Waals surface area contributed by atoms with Gasteiger partial charge >= 0.3 is 0 Å². The standard InChI is InChI=1S/C17H18O/c1-17(2,3)15-11-9-14(10-12-15)16(18)13-7-5-4-6-8-13/h4-12H,1-3H3. The largest absolute Gasteiger partial charge is 0.289 e. The number of hydrogen-bond donors (Lipinski definition) is 0. The third-order valence-electron chi connectivity index (χ3n) is 3.05. The lowest BCUT2D eigenvalue weighted by atomic mass is 9.86. The summed E-state index contributed by atoms with van der Waals surface area (Å²) in [4.78, 5) is 12.2. The minimum Gasteiger partial charge on any atom is -0.289 e. The summed E-state index contributed by atoms with van der Waals surface area (Å²) < 4.78 is 0. The third-order valence-corrected chi connectivity index (χ3v) is 3.05. The van der Waals surface area contributed by atoms with Crippen LogP contribution in [-0.4, -0.2) is 5.78 Å². The van der Waals surface area contributed by atoms with Crippen LogP contribution in [0.15, 0.2) is 54.6 Å². The molecule has 0 fully saturated rings. The number of carbonyl (C=O) groups is 1. The fourth-order valence-electron chi connectivity index (χ4n) is 1.88. The fourth-order valence-corrected chi connectivity index (χ4v) is 1.88. The molecule has 2 aromatic rings. The van der Waals surface area contributed by atoms with E-state index in [1.807, 2.05) is 54.6 Å². The van der Waals surface area contributed by atoms with Crippen molar-refractivity contribution in [3.8, 4) is 0 Å². The van der Waals surface area contributed by atoms with E-state index in [0.717, 1.165) is 11.1 Å². The van der Waals surface area contributed by atoms with Gasteiger partial charge in [0.25, 0.3) is 0 Å². The minimum absolute atomic E-state index is 0.0797. The predicted molar refractivity (Wildman–Crippen MR) is 75.0 cm³/mol. The highest BCUT2D eigenvalue weighted by atomic mass is 16.1. The van der Waals surface area contributed by atoms with E-state index in [9.17, 15) is 4.79 Å². The number of benzene rings is 2. The smallest absolute Gasteiger partial charge is 0.193 e. The van der Waals surface area contributed by atoms with E-state index < -0.39 is 0 Å². The molecule has 0 saturated heterocycles. The molecule has 2 aromatic carbocycles. The topological polar surface area (TPSA) is 17.1 Å². The maximum absolute atomic E-state index is 12.2. The van der Waals surface area contributed by atoms with Gasteiger partial charge < -0.3 is 0 Å². The predicted octanol–water partition coefficient (Wildman–Crippen LogP) is 4.22. The molecule has 0 aliphatic carbocycles. The van der Waals surface area contributed by atoms with E-state index in [1.165, 1.54) is 5.56 Å². The van der Waals surface area contributed by atoms with E-state index in [4.69, 9.17) is 0 Å². The molecular weight excluding hydrogens is 220 g/mol. The SMILES string of the molecule is CC(C)(C)c1ccc(C(=O)c2ccccc2)cc1. The summed E-state index contributed by atoms with van der Waals surface area (Å²) >= 11 is 0. The Hall–Kier alpha value is -1.89. The van der Waals surface area contributed by atoms with Crippen molar-refractivity contribution in [1.82, 2.24) is 0 Å². The lowest BCUT2D eigenvalue weighted by Crippen LogP contribution is -2.11. The average molecular weight is 238 g/mol. The molecule has 0 saturated carbocycles. The van der Waals surface area contributed by atoms with Crippen LogP contribution in [-0.2, 0) is 5.41 Å². The quantitative estimate of drug-likeness (QED) is 0.716. The Morgan fingerprint density at radius 2 is 1.28 bits per heavy atom. The fraction of sp³-hybridized carbons (Fsp3) is 0.235. The Balaban J connectivity index is 2.28. The highest BCUT2D eigenvalue weighted by Gasteiger charge is 2.14. The van der Waals surface area contributed by atoms with Crippen molar-refractivity contribution in [2.45, 2.75) is 26.2 Å². The number of rotatable bonds is 2. The minimum atomic E-state index is 0.0797. The van der Waals surface area contributed by atoms with Crippen molar-refractivity contribution >= 4 is 5.78 Å². The second-order valence-electron chi connectivity index (χ2n) is 5.52. The van der Waals surface area contributed by atoms with Crippen LogP contribution in [0.25, 0.3) is 0 Å². The van der Waals surface area contributed by atoms with E-state index in [-0.39, 0.29) is 11.2 Å². The summed E-state index contributed by atoms with van der Waals surface area (Å²) in [6.07, 6.45) is 0. The number of hydrogen-bond acceptors (Lipinski definition) is 1. The molecule has 0 unspecified atom stereocenters. The molecule has 0 heterocycles. The molecule has 0 aromatic heterocycles. The zero-order chi connectivity index (χ0) is 13.2. The highest BCUT2D eigenvalue weighted by molar-refractivity contribution is 6.08. The van der Waals surface area contributed by atoms with Gasteiger partial charge in [0, 0.05) is 11.1 Å². The number of ketones is 1. The molecule has 1 nitrogen and oxygen atoms in total. The van der Waals surface area contributed by atoms with Crippen molar-refractivity contribution in [3.05, 3.63) is 71.3 Å². The summed E-state index contributed by atoms with van der Waals surface area (Å²) in [7, 11) is 0. The maximum atomic E-state index is 12.2. The molecule has 0 aliphatic heterocycles. The number of carbonyl (C=O) groups excluding carboxylic acids is 1. The van der Waals surface area contributed by atoms with Crippen LogP contribution < -0.4 is 0 Å². The molecule has 92 valence electrons. The van der Waals surface area contributed by atoms with Gasteiger partial charge in [0.05, 0.1) is 0 Å². The van der Waals surface area contributed by atoms with Crippen molar-refractivity contribution in [2.24, 2.45) is 0 Å². The third kappa shape index (κ3) is 2.67. The Labute approximate surface area is 108 Å². The first kappa shape index (κ1) is 12.6. The summed E-state index contributed by atoms with van der Waals surface area (Å²) in [6, 6.07) is 17.3. The first-order valence-corrected chi connectivity index (χ1v) is 6.19. The molecule has 0 aliphatic rings. The molecule has 0 amide bonds. The van der Waals surface area contributed by atoms with E-state index in [1.54, 1.807) is 0 Å². The van der Waals surface area contributed by atoms with Crippen LogP contribution in [0.3, 0.4) is 0 Å². The van der Waals surface area contributed by atoms with Gasteiger partial charge in [-0.1, -0.05) is 75.4 Å². The molecule has 0 atom stereocenters. The van der Waals surface area contributed by atoms with Gasteiger partial charge in [-0.15, -0.1) is 0 Å². The normalized spacial score (nSPS) is 11.3. The summed E-state index contributed by atoms with van der Waals surface area (Å²) in [6.45, 7) is 6.50. The van der Waals surface area contributed by atoms with Crippen LogP contribution in [0, 0.1) is 0 Å². The van der Waals surface area contributed by atoms with Gasteiger partial charge in [0.1, 0.15) is 0 Å². The monoisotopic (exact) mass is 238 g/mol. The average Bonchev–Trinajstić information content (AvgIpc) is 2.38. The summed E-state index contributed by atoms with van der Waals surface area (Å²) in [5, 5.41) is 0. The lowest BCUT2D eigenvalue weighted by molar-refractivity contribution is 0.103. The molecule has 0 radical (unpaired) electrons. The summed E-state index contributed by atoms with van der Waals surface area (Å²) in [5.41, 5.74) is 2.84. The Morgan fingerprint density at radius 1 is 0.778 bits per heavy atom. The molecule has 2 rings (SSSR count). The van der Waals surface area contributed by atoms with Gasteiger partial charge in [-0.2, -0.15) is 0 Å². The van der Waals surface area contributed by atoms with Gasteiger partial charge in [-0.3, -0.25) is 4.79 Å². The van der Waals surface area contributed by atoms with E-state index in [2.05, 4.69) is 20.8 Å². The van der Waals surface area contributed by atoms with Gasteiger partial charge in [0.15, 0.2) is 5.78 Å². The Bertz CT molecular complexity index is 530. The highest BCUT2D eigenvalue weighted by Crippen LogP contribution is 2.22. The summed E-state index contributed by atoms with van der Waals surface area (Å²) in [5.74, 6) is 0.0797. The zero-order valence-corrected chi connectivity index (χ0v) is 11.1. The van der Waals surface area contributed by atoms with Crippen LogP contribution in [0.5, 0.6) is 0 Å². The molecular formula is C17H18O. The zero-order valence-electron chi connectivity index (χ0n) is 11.1. The van der Waals surface area contributed by atoms with Gasteiger partial charge in [0.2, 0.25) is 0 Å². The molecule has 1 heteroatoms. The van der Waals surface area contributed by atoms with E-state index in [0.29, 0.717) is 0 Å². The van der Waals surface area contributed by atoms with E-state index >= 15 is 0 Å². The first-order chi connectivity index (χ1) is 8.48. The second kappa shape index (κ2) is 4.77. The second-order valence-corrected chi connectivity index (χ2v) is 5.52. The van der Waals surface area contributed by atoms with Gasteiger partial charge in [-0.25, -0.2) is 0 Å². The van der Waals surface area contributed by atoms with Crippen molar-refractivity contribution in [1.29, 1.82) is 0 Å². The van der Waals surface area contributed by atoms with Crippen LogP contribution in [0.1, 0.15) is 42.3 Å². The van der Waals surface area contributed by atoms with Crippen molar-refractivity contribution in [3.63, 3.8) is 0 Å². The van der Waals surface area contributed by atoms with Crippen LogP contribution in [0.2, 0.25) is 0 Å². The molecule has 0 spiro atoms. The molecule has 0 bridgehead atoms. The Morgan fingerprint density at radius 3 is 1.78 bits per heavy atom. The van der Waals surface area contributed by atoms with Crippen LogP contribution in [0.4, 0.5) is 0 Å². The molecule has 18 heavy (non-hydrogen) atoms. The molecule has 0 N–H and O–H groups in total. The van der Waals surface area contributed by atoms with Crippen molar-refractivity contribution < 1.29 is 4.79 Å². The van der Waals surface area contributed by atoms with Crippen LogP contribution >= 0.6 is 0 Å². The maximum Gasteiger partial charge on any atom is 0.193 e. The van der Waals surface area contributed by atoms with Gasteiger partial charge in [-0.05, 0) is 11.0 Å². The first-order valence-electron chi connectivity index (χ1n) is 6.19. The Kier molecular flexibility index (Phi) is 3.33.